The minimum absolute atomic E-state index is 0.258. The maximum absolute atomic E-state index is 12.7. The molecule has 1 aliphatic heterocycles. The van der Waals surface area contributed by atoms with Crippen molar-refractivity contribution in [3.05, 3.63) is 64.7 Å². The Bertz CT molecular complexity index is 993. The number of benzene rings is 2. The second kappa shape index (κ2) is 8.49. The Morgan fingerprint density at radius 2 is 1.60 bits per heavy atom. The summed E-state index contributed by atoms with van der Waals surface area (Å²) in [5.41, 5.74) is 3.02. The first-order valence-electron chi connectivity index (χ1n) is 9.71. The fourth-order valence-electron chi connectivity index (χ4n) is 3.42. The van der Waals surface area contributed by atoms with Gasteiger partial charge < -0.3 is 10.1 Å². The van der Waals surface area contributed by atoms with Crippen LogP contribution in [0, 0.1) is 19.8 Å². The molecule has 0 fully saturated rings. The summed E-state index contributed by atoms with van der Waals surface area (Å²) in [4.78, 5) is 51.4. The van der Waals surface area contributed by atoms with Crippen LogP contribution in [0.2, 0.25) is 0 Å². The number of esters is 1. The van der Waals surface area contributed by atoms with Crippen molar-refractivity contribution < 1.29 is 23.9 Å². The Morgan fingerprint density at radius 1 is 1.00 bits per heavy atom. The van der Waals surface area contributed by atoms with Gasteiger partial charge in [0, 0.05) is 5.69 Å². The molecule has 0 spiro atoms. The highest BCUT2D eigenvalue weighted by molar-refractivity contribution is 6.22. The van der Waals surface area contributed by atoms with E-state index in [1.807, 2.05) is 32.0 Å². The molecule has 1 heterocycles. The summed E-state index contributed by atoms with van der Waals surface area (Å²) in [5.74, 6) is -2.75. The maximum atomic E-state index is 12.7. The second-order valence-corrected chi connectivity index (χ2v) is 7.69. The van der Waals surface area contributed by atoms with Gasteiger partial charge in [0.15, 0.2) is 6.61 Å². The predicted octanol–water partition coefficient (Wildman–Crippen LogP) is 3.11. The van der Waals surface area contributed by atoms with Crippen molar-refractivity contribution in [2.24, 2.45) is 5.92 Å². The molecule has 3 rings (SSSR count). The van der Waals surface area contributed by atoms with E-state index in [4.69, 9.17) is 4.74 Å². The van der Waals surface area contributed by atoms with Gasteiger partial charge >= 0.3 is 5.97 Å². The molecule has 0 radical (unpaired) electrons. The third-order valence-electron chi connectivity index (χ3n) is 4.99. The Labute approximate surface area is 175 Å². The molecule has 156 valence electrons. The molecule has 0 unspecified atom stereocenters. The first-order chi connectivity index (χ1) is 14.2. The van der Waals surface area contributed by atoms with E-state index in [2.05, 4.69) is 5.32 Å². The quantitative estimate of drug-likeness (QED) is 0.586. The smallest absolute Gasteiger partial charge is 0.330 e. The van der Waals surface area contributed by atoms with Gasteiger partial charge in [-0.05, 0) is 49.1 Å². The molecule has 1 N–H and O–H groups in total. The average molecular weight is 408 g/mol. The molecule has 0 aliphatic carbocycles. The van der Waals surface area contributed by atoms with Gasteiger partial charge in [0.2, 0.25) is 0 Å². The van der Waals surface area contributed by atoms with Gasteiger partial charge in [-0.2, -0.15) is 0 Å². The first-order valence-corrected chi connectivity index (χ1v) is 9.71. The number of ether oxygens (including phenoxy) is 1. The SMILES string of the molecule is Cc1ccc(C)c(NC(=O)COC(=O)[C@@H](C(C)C)N2C(=O)c3ccccc3C2=O)c1. The van der Waals surface area contributed by atoms with E-state index < -0.39 is 36.3 Å². The molecule has 0 aromatic heterocycles. The number of hydrogen-bond donors (Lipinski definition) is 1. The topological polar surface area (TPSA) is 92.8 Å². The van der Waals surface area contributed by atoms with Crippen molar-refractivity contribution in [2.45, 2.75) is 33.7 Å². The van der Waals surface area contributed by atoms with E-state index >= 15 is 0 Å². The molecule has 2 aromatic rings. The van der Waals surface area contributed by atoms with E-state index in [1.165, 1.54) is 0 Å². The van der Waals surface area contributed by atoms with E-state index in [0.29, 0.717) is 5.69 Å². The molecule has 0 bridgehead atoms. The molecule has 7 heteroatoms. The number of imide groups is 1. The normalized spacial score (nSPS) is 14.0. The number of hydrogen-bond acceptors (Lipinski definition) is 5. The average Bonchev–Trinajstić information content (AvgIpc) is 2.95. The highest BCUT2D eigenvalue weighted by Gasteiger charge is 2.44. The van der Waals surface area contributed by atoms with E-state index in [9.17, 15) is 19.2 Å². The standard InChI is InChI=1S/C23H24N2O5/c1-13(2)20(25-21(27)16-7-5-6-8-17(16)22(25)28)23(29)30-12-19(26)24-18-11-14(3)9-10-15(18)4/h5-11,13,20H,12H2,1-4H3,(H,24,26)/t20-/m1/s1. The van der Waals surface area contributed by atoms with Crippen molar-refractivity contribution in [3.8, 4) is 0 Å². The van der Waals surface area contributed by atoms with Crippen LogP contribution in [-0.2, 0) is 14.3 Å². The lowest BCUT2D eigenvalue weighted by atomic mass is 10.0. The Kier molecular flexibility index (Phi) is 6.01. The first kappa shape index (κ1) is 21.2. The molecule has 0 saturated carbocycles. The van der Waals surface area contributed by atoms with Gasteiger partial charge in [0.05, 0.1) is 11.1 Å². The van der Waals surface area contributed by atoms with Crippen LogP contribution >= 0.6 is 0 Å². The largest absolute Gasteiger partial charge is 0.454 e. The maximum Gasteiger partial charge on any atom is 0.330 e. The van der Waals surface area contributed by atoms with Gasteiger partial charge in [0.25, 0.3) is 17.7 Å². The van der Waals surface area contributed by atoms with Crippen molar-refractivity contribution in [1.82, 2.24) is 4.90 Å². The number of carbonyl (C=O) groups excluding carboxylic acids is 4. The summed E-state index contributed by atoms with van der Waals surface area (Å²) in [7, 11) is 0. The lowest BCUT2D eigenvalue weighted by Gasteiger charge is -2.27. The Hall–Kier alpha value is -3.48. The number of anilines is 1. The predicted molar refractivity (Wildman–Crippen MR) is 111 cm³/mol. The molecule has 0 saturated heterocycles. The zero-order valence-electron chi connectivity index (χ0n) is 17.4. The van der Waals surface area contributed by atoms with Gasteiger partial charge in [-0.1, -0.05) is 38.1 Å². The highest BCUT2D eigenvalue weighted by atomic mass is 16.5. The van der Waals surface area contributed by atoms with Gasteiger partial charge in [-0.3, -0.25) is 19.3 Å². The van der Waals surface area contributed by atoms with Crippen LogP contribution in [0.1, 0.15) is 45.7 Å². The zero-order chi connectivity index (χ0) is 22.0. The van der Waals surface area contributed by atoms with Crippen LogP contribution < -0.4 is 5.32 Å². The fourth-order valence-corrected chi connectivity index (χ4v) is 3.42. The lowest BCUT2D eigenvalue weighted by molar-refractivity contribution is -0.152. The third-order valence-corrected chi connectivity index (χ3v) is 4.99. The monoisotopic (exact) mass is 408 g/mol. The third kappa shape index (κ3) is 4.10. The van der Waals surface area contributed by atoms with Crippen LogP contribution in [-0.4, -0.2) is 41.2 Å². The summed E-state index contributed by atoms with van der Waals surface area (Å²) < 4.78 is 5.18. The van der Waals surface area contributed by atoms with Crippen molar-refractivity contribution >= 4 is 29.4 Å². The molecule has 7 nitrogen and oxygen atoms in total. The van der Waals surface area contributed by atoms with Crippen LogP contribution in [0.3, 0.4) is 0 Å². The number of fused-ring (bicyclic) bond motifs is 1. The molecule has 2 aromatic carbocycles. The van der Waals surface area contributed by atoms with Gasteiger partial charge in [-0.25, -0.2) is 4.79 Å². The Morgan fingerprint density at radius 3 is 2.17 bits per heavy atom. The summed E-state index contributed by atoms with van der Waals surface area (Å²) in [6.07, 6.45) is 0. The number of nitrogens with one attached hydrogen (secondary N) is 1. The molecule has 1 atom stereocenters. The number of carbonyl (C=O) groups is 4. The minimum atomic E-state index is -1.12. The van der Waals surface area contributed by atoms with Gasteiger partial charge in [0.1, 0.15) is 6.04 Å². The molecular formula is C23H24N2O5. The van der Waals surface area contributed by atoms with Crippen molar-refractivity contribution in [1.29, 1.82) is 0 Å². The fraction of sp³-hybridized carbons (Fsp3) is 0.304. The van der Waals surface area contributed by atoms with E-state index in [0.717, 1.165) is 16.0 Å². The van der Waals surface area contributed by atoms with E-state index in [-0.39, 0.29) is 17.0 Å². The second-order valence-electron chi connectivity index (χ2n) is 7.69. The van der Waals surface area contributed by atoms with Crippen LogP contribution in [0.15, 0.2) is 42.5 Å². The number of nitrogens with zero attached hydrogens (tertiary/aromatic N) is 1. The number of amides is 3. The van der Waals surface area contributed by atoms with Crippen LogP contribution in [0.4, 0.5) is 5.69 Å². The molecule has 1 aliphatic rings. The zero-order valence-corrected chi connectivity index (χ0v) is 17.4. The minimum Gasteiger partial charge on any atom is -0.454 e. The summed E-state index contributed by atoms with van der Waals surface area (Å²) >= 11 is 0. The van der Waals surface area contributed by atoms with Crippen LogP contribution in [0.25, 0.3) is 0 Å². The molecule has 3 amide bonds. The Balaban J connectivity index is 1.70. The molecule has 30 heavy (non-hydrogen) atoms. The number of rotatable bonds is 6. The summed E-state index contributed by atoms with van der Waals surface area (Å²) in [6, 6.07) is 10.9. The number of aryl methyl sites for hydroxylation is 2. The summed E-state index contributed by atoms with van der Waals surface area (Å²) in [5, 5.41) is 2.71. The molecular weight excluding hydrogens is 384 g/mol. The highest BCUT2D eigenvalue weighted by Crippen LogP contribution is 2.27. The van der Waals surface area contributed by atoms with Crippen LogP contribution in [0.5, 0.6) is 0 Å². The lowest BCUT2D eigenvalue weighted by Crippen LogP contribution is -2.49. The van der Waals surface area contributed by atoms with Gasteiger partial charge in [-0.15, -0.1) is 0 Å². The van der Waals surface area contributed by atoms with Crippen molar-refractivity contribution in [2.75, 3.05) is 11.9 Å². The summed E-state index contributed by atoms with van der Waals surface area (Å²) in [6.45, 7) is 6.68. The van der Waals surface area contributed by atoms with E-state index in [1.54, 1.807) is 38.1 Å². The van der Waals surface area contributed by atoms with Crippen molar-refractivity contribution in [3.63, 3.8) is 0 Å².